The van der Waals surface area contributed by atoms with Gasteiger partial charge in [-0.1, -0.05) is 0 Å². The number of rotatable bonds is 7. The van der Waals surface area contributed by atoms with Gasteiger partial charge in [-0.25, -0.2) is 4.79 Å². The van der Waals surface area contributed by atoms with Gasteiger partial charge < -0.3 is 24.8 Å². The topological polar surface area (TPSA) is 68.8 Å². The van der Waals surface area contributed by atoms with Crippen LogP contribution in [-0.2, 0) is 11.3 Å². The van der Waals surface area contributed by atoms with Crippen LogP contribution >= 0.6 is 0 Å². The van der Waals surface area contributed by atoms with E-state index < -0.39 is 11.7 Å². The molecule has 1 unspecified atom stereocenters. The standard InChI is InChI=1S/C17H28N2O4/c1-12(10-19-16(20)23-17(2,3)4)18-11-13-9-14(21-5)7-8-15(13)22-6/h7-9,12,18H,10-11H2,1-6H3,(H,19,20). The van der Waals surface area contributed by atoms with Crippen LogP contribution < -0.4 is 20.1 Å². The van der Waals surface area contributed by atoms with Gasteiger partial charge in [0.05, 0.1) is 14.2 Å². The summed E-state index contributed by atoms with van der Waals surface area (Å²) in [6.07, 6.45) is -0.412. The molecule has 1 rings (SSSR count). The first kappa shape index (κ1) is 19.1. The van der Waals surface area contributed by atoms with Crippen LogP contribution in [-0.4, -0.2) is 38.5 Å². The molecule has 0 aliphatic carbocycles. The van der Waals surface area contributed by atoms with Crippen LogP contribution in [0.15, 0.2) is 18.2 Å². The lowest BCUT2D eigenvalue weighted by Gasteiger charge is -2.21. The second kappa shape index (κ2) is 8.62. The van der Waals surface area contributed by atoms with E-state index in [0.29, 0.717) is 13.1 Å². The van der Waals surface area contributed by atoms with Gasteiger partial charge >= 0.3 is 6.09 Å². The Hall–Kier alpha value is -1.95. The van der Waals surface area contributed by atoms with E-state index >= 15 is 0 Å². The molecule has 0 aromatic heterocycles. The summed E-state index contributed by atoms with van der Waals surface area (Å²) < 4.78 is 15.8. The number of methoxy groups -OCH3 is 2. The molecule has 0 fully saturated rings. The van der Waals surface area contributed by atoms with Crippen molar-refractivity contribution in [2.75, 3.05) is 20.8 Å². The Labute approximate surface area is 138 Å². The maximum absolute atomic E-state index is 11.6. The molecule has 0 heterocycles. The van der Waals surface area contributed by atoms with Crippen LogP contribution in [0.25, 0.3) is 0 Å². The Balaban J connectivity index is 2.47. The molecule has 23 heavy (non-hydrogen) atoms. The third kappa shape index (κ3) is 7.23. The highest BCUT2D eigenvalue weighted by Crippen LogP contribution is 2.23. The molecule has 1 aromatic carbocycles. The van der Waals surface area contributed by atoms with Crippen molar-refractivity contribution < 1.29 is 19.0 Å². The molecular formula is C17H28N2O4. The first-order valence-corrected chi connectivity index (χ1v) is 7.66. The first-order valence-electron chi connectivity index (χ1n) is 7.66. The summed E-state index contributed by atoms with van der Waals surface area (Å²) in [5.74, 6) is 1.58. The second-order valence-electron chi connectivity index (χ2n) is 6.34. The van der Waals surface area contributed by atoms with Crippen molar-refractivity contribution in [3.8, 4) is 11.5 Å². The molecular weight excluding hydrogens is 296 g/mol. The van der Waals surface area contributed by atoms with E-state index in [2.05, 4.69) is 10.6 Å². The summed E-state index contributed by atoms with van der Waals surface area (Å²) in [6, 6.07) is 5.74. The average molecular weight is 324 g/mol. The van der Waals surface area contributed by atoms with Crippen molar-refractivity contribution in [2.45, 2.75) is 45.9 Å². The maximum atomic E-state index is 11.6. The van der Waals surface area contributed by atoms with Crippen LogP contribution in [0.5, 0.6) is 11.5 Å². The zero-order valence-corrected chi connectivity index (χ0v) is 14.9. The molecule has 6 heteroatoms. The minimum atomic E-state index is -0.491. The predicted molar refractivity (Wildman–Crippen MR) is 90.1 cm³/mol. The molecule has 0 saturated carbocycles. The molecule has 130 valence electrons. The van der Waals surface area contributed by atoms with E-state index in [1.807, 2.05) is 45.9 Å². The Kier molecular flexibility index (Phi) is 7.16. The van der Waals surface area contributed by atoms with Crippen molar-refractivity contribution in [3.63, 3.8) is 0 Å². The Morgan fingerprint density at radius 2 is 1.91 bits per heavy atom. The van der Waals surface area contributed by atoms with Gasteiger partial charge in [0.25, 0.3) is 0 Å². The van der Waals surface area contributed by atoms with Gasteiger partial charge in [0, 0.05) is 24.7 Å². The summed E-state index contributed by atoms with van der Waals surface area (Å²) in [6.45, 7) is 8.58. The summed E-state index contributed by atoms with van der Waals surface area (Å²) in [5.41, 5.74) is 0.505. The number of ether oxygens (including phenoxy) is 3. The van der Waals surface area contributed by atoms with Gasteiger partial charge in [0.1, 0.15) is 17.1 Å². The Morgan fingerprint density at radius 3 is 2.48 bits per heavy atom. The smallest absolute Gasteiger partial charge is 0.407 e. The number of nitrogens with one attached hydrogen (secondary N) is 2. The predicted octanol–water partition coefficient (Wildman–Crippen LogP) is 2.71. The summed E-state index contributed by atoms with van der Waals surface area (Å²) >= 11 is 0. The van der Waals surface area contributed by atoms with E-state index in [4.69, 9.17) is 14.2 Å². The van der Waals surface area contributed by atoms with E-state index in [9.17, 15) is 4.79 Å². The van der Waals surface area contributed by atoms with Crippen LogP contribution in [0, 0.1) is 0 Å². The lowest BCUT2D eigenvalue weighted by Crippen LogP contribution is -2.41. The van der Waals surface area contributed by atoms with Gasteiger partial charge in [-0.2, -0.15) is 0 Å². The SMILES string of the molecule is COc1ccc(OC)c(CNC(C)CNC(=O)OC(C)(C)C)c1. The largest absolute Gasteiger partial charge is 0.497 e. The fourth-order valence-corrected chi connectivity index (χ4v) is 1.93. The van der Waals surface area contributed by atoms with Crippen LogP contribution in [0.3, 0.4) is 0 Å². The molecule has 0 aliphatic rings. The van der Waals surface area contributed by atoms with E-state index in [1.54, 1.807) is 14.2 Å². The highest BCUT2D eigenvalue weighted by atomic mass is 16.6. The van der Waals surface area contributed by atoms with Crippen molar-refractivity contribution in [1.82, 2.24) is 10.6 Å². The lowest BCUT2D eigenvalue weighted by atomic mass is 10.1. The molecule has 6 nitrogen and oxygen atoms in total. The third-order valence-electron chi connectivity index (χ3n) is 3.08. The van der Waals surface area contributed by atoms with Crippen molar-refractivity contribution >= 4 is 6.09 Å². The van der Waals surface area contributed by atoms with E-state index in [-0.39, 0.29) is 6.04 Å². The fraction of sp³-hybridized carbons (Fsp3) is 0.588. The summed E-state index contributed by atoms with van der Waals surface area (Å²) in [4.78, 5) is 11.6. The maximum Gasteiger partial charge on any atom is 0.407 e. The highest BCUT2D eigenvalue weighted by Gasteiger charge is 2.16. The zero-order valence-electron chi connectivity index (χ0n) is 14.9. The number of hydrogen-bond acceptors (Lipinski definition) is 5. The van der Waals surface area contributed by atoms with Crippen LogP contribution in [0.4, 0.5) is 4.79 Å². The van der Waals surface area contributed by atoms with Gasteiger partial charge in [0.2, 0.25) is 0 Å². The van der Waals surface area contributed by atoms with Gasteiger partial charge in [-0.05, 0) is 45.9 Å². The van der Waals surface area contributed by atoms with Crippen molar-refractivity contribution in [2.24, 2.45) is 0 Å². The lowest BCUT2D eigenvalue weighted by molar-refractivity contribution is 0.0523. The number of hydrogen-bond donors (Lipinski definition) is 2. The zero-order chi connectivity index (χ0) is 17.5. The van der Waals surface area contributed by atoms with E-state index in [1.165, 1.54) is 0 Å². The van der Waals surface area contributed by atoms with Crippen LogP contribution in [0.2, 0.25) is 0 Å². The minimum absolute atomic E-state index is 0.0819. The summed E-state index contributed by atoms with van der Waals surface area (Å²) in [5, 5.41) is 6.08. The molecule has 0 saturated heterocycles. The van der Waals surface area contributed by atoms with Crippen molar-refractivity contribution in [3.05, 3.63) is 23.8 Å². The Morgan fingerprint density at radius 1 is 1.22 bits per heavy atom. The Bertz CT molecular complexity index is 512. The second-order valence-corrected chi connectivity index (χ2v) is 6.34. The number of benzene rings is 1. The van der Waals surface area contributed by atoms with Crippen LogP contribution in [0.1, 0.15) is 33.3 Å². The van der Waals surface area contributed by atoms with Gasteiger partial charge in [-0.3, -0.25) is 0 Å². The highest BCUT2D eigenvalue weighted by molar-refractivity contribution is 5.67. The minimum Gasteiger partial charge on any atom is -0.497 e. The number of amides is 1. The van der Waals surface area contributed by atoms with Gasteiger partial charge in [-0.15, -0.1) is 0 Å². The molecule has 1 atom stereocenters. The molecule has 1 aromatic rings. The molecule has 1 amide bonds. The molecule has 0 aliphatic heterocycles. The molecule has 0 spiro atoms. The van der Waals surface area contributed by atoms with Crippen molar-refractivity contribution in [1.29, 1.82) is 0 Å². The monoisotopic (exact) mass is 324 g/mol. The fourth-order valence-electron chi connectivity index (χ4n) is 1.93. The third-order valence-corrected chi connectivity index (χ3v) is 3.08. The quantitative estimate of drug-likeness (QED) is 0.807. The first-order chi connectivity index (χ1) is 10.7. The summed E-state index contributed by atoms with van der Waals surface area (Å²) in [7, 11) is 3.27. The van der Waals surface area contributed by atoms with E-state index in [0.717, 1.165) is 17.1 Å². The number of carbonyl (C=O) groups excluding carboxylic acids is 1. The van der Waals surface area contributed by atoms with Gasteiger partial charge in [0.15, 0.2) is 0 Å². The number of carbonyl (C=O) groups is 1. The molecule has 0 radical (unpaired) electrons. The normalized spacial score (nSPS) is 12.4. The number of alkyl carbamates (subject to hydrolysis) is 1. The molecule has 0 bridgehead atoms. The molecule has 2 N–H and O–H groups in total. The average Bonchev–Trinajstić information content (AvgIpc) is 2.48.